The number of fused-ring (bicyclic) bond motifs is 6. The van der Waals surface area contributed by atoms with Gasteiger partial charge in [0.15, 0.2) is 10.3 Å². The molecule has 0 unspecified atom stereocenters. The summed E-state index contributed by atoms with van der Waals surface area (Å²) in [5.74, 6) is 1.30. The molecule has 0 spiro atoms. The molecule has 0 atom stereocenters. The Morgan fingerprint density at radius 1 is 0.720 bits per heavy atom. The molecule has 5 rings (SSSR count). The number of oxazole rings is 1. The van der Waals surface area contributed by atoms with Crippen LogP contribution in [-0.4, -0.2) is 4.98 Å². The lowest BCUT2D eigenvalue weighted by molar-refractivity contribution is 0.531. The van der Waals surface area contributed by atoms with Crippen molar-refractivity contribution in [3.8, 4) is 0 Å². The lowest BCUT2D eigenvalue weighted by Crippen LogP contribution is -1.80. The summed E-state index contributed by atoms with van der Waals surface area (Å²) in [7, 11) is 0. The number of nitrogens with zero attached hydrogens (tertiary/aromatic N) is 1. The molecule has 0 amide bonds. The Kier molecular flexibility index (Phi) is 3.25. The van der Waals surface area contributed by atoms with Crippen LogP contribution < -0.4 is 0 Å². The fourth-order valence-electron chi connectivity index (χ4n) is 3.18. The first-order valence-corrected chi connectivity index (χ1v) is 8.72. The maximum atomic E-state index is 6.07. The Morgan fingerprint density at radius 2 is 1.40 bits per heavy atom. The smallest absolute Gasteiger partial charge is 0.220 e. The van der Waals surface area contributed by atoms with Crippen molar-refractivity contribution >= 4 is 60.7 Å². The maximum Gasteiger partial charge on any atom is 0.220 e. The van der Waals surface area contributed by atoms with Gasteiger partial charge in [0.25, 0.3) is 0 Å². The molecular weight excluding hydrogens is 378 g/mol. The molecule has 0 aliphatic heterocycles. The Balaban J connectivity index is 1.77. The first kappa shape index (κ1) is 14.5. The standard InChI is InChI=1S/C21H12BrNO2/c22-18-11-9-13(24-18)10-12-19-23-20-16-7-3-1-5-14(16)15-6-2-4-8-17(15)21(20)25-19/h1-12H. The number of aromatic nitrogens is 1. The molecule has 25 heavy (non-hydrogen) atoms. The molecule has 0 saturated carbocycles. The second kappa shape index (κ2) is 5.60. The second-order valence-electron chi connectivity index (χ2n) is 5.80. The summed E-state index contributed by atoms with van der Waals surface area (Å²) in [6.07, 6.45) is 3.68. The molecule has 5 aromatic rings. The zero-order chi connectivity index (χ0) is 16.8. The van der Waals surface area contributed by atoms with Crippen LogP contribution in [-0.2, 0) is 0 Å². The molecule has 3 aromatic carbocycles. The fraction of sp³-hybridized carbons (Fsp3) is 0. The molecule has 2 heterocycles. The molecule has 2 aromatic heterocycles. The van der Waals surface area contributed by atoms with Gasteiger partial charge in [-0.2, -0.15) is 0 Å². The number of furan rings is 1. The molecule has 120 valence electrons. The number of hydrogen-bond acceptors (Lipinski definition) is 3. The molecule has 0 N–H and O–H groups in total. The summed E-state index contributed by atoms with van der Waals surface area (Å²) >= 11 is 3.30. The van der Waals surface area contributed by atoms with E-state index in [0.717, 1.165) is 27.6 Å². The summed E-state index contributed by atoms with van der Waals surface area (Å²) in [4.78, 5) is 4.71. The van der Waals surface area contributed by atoms with Crippen molar-refractivity contribution in [1.29, 1.82) is 0 Å². The van der Waals surface area contributed by atoms with Crippen LogP contribution in [0.1, 0.15) is 11.7 Å². The topological polar surface area (TPSA) is 39.2 Å². The highest BCUT2D eigenvalue weighted by atomic mass is 79.9. The van der Waals surface area contributed by atoms with Gasteiger partial charge < -0.3 is 8.83 Å². The Morgan fingerprint density at radius 3 is 2.12 bits per heavy atom. The van der Waals surface area contributed by atoms with E-state index in [0.29, 0.717) is 10.6 Å². The molecule has 0 fully saturated rings. The minimum atomic E-state index is 0.559. The first-order valence-electron chi connectivity index (χ1n) is 7.93. The predicted octanol–water partition coefficient (Wildman–Crippen LogP) is 6.66. The van der Waals surface area contributed by atoms with Gasteiger partial charge in [0, 0.05) is 16.8 Å². The molecule has 0 bridgehead atoms. The van der Waals surface area contributed by atoms with Gasteiger partial charge >= 0.3 is 0 Å². The van der Waals surface area contributed by atoms with Crippen LogP contribution >= 0.6 is 15.9 Å². The van der Waals surface area contributed by atoms with Crippen LogP contribution in [0.25, 0.3) is 44.8 Å². The SMILES string of the molecule is Brc1ccc(C=Cc2nc3c4ccccc4c4ccccc4c3o2)o1. The van der Waals surface area contributed by atoms with Crippen molar-refractivity contribution in [2.45, 2.75) is 0 Å². The third-order valence-corrected chi connectivity index (χ3v) is 4.70. The molecular formula is C21H12BrNO2. The lowest BCUT2D eigenvalue weighted by atomic mass is 10.0. The maximum absolute atomic E-state index is 6.07. The van der Waals surface area contributed by atoms with Gasteiger partial charge in [0.2, 0.25) is 5.89 Å². The summed E-state index contributed by atoms with van der Waals surface area (Å²) < 4.78 is 12.2. The van der Waals surface area contributed by atoms with E-state index in [1.807, 2.05) is 42.5 Å². The van der Waals surface area contributed by atoms with Crippen molar-refractivity contribution in [1.82, 2.24) is 4.98 Å². The summed E-state index contributed by atoms with van der Waals surface area (Å²) in [6, 6.07) is 20.3. The largest absolute Gasteiger partial charge is 0.450 e. The first-order chi connectivity index (χ1) is 12.3. The average Bonchev–Trinajstić information content (AvgIpc) is 3.26. The number of benzene rings is 3. The van der Waals surface area contributed by atoms with Gasteiger partial charge in [-0.05, 0) is 44.9 Å². The summed E-state index contributed by atoms with van der Waals surface area (Å²) in [5.41, 5.74) is 1.70. The number of halogens is 1. The molecule has 0 radical (unpaired) electrons. The van der Waals surface area contributed by atoms with Crippen LogP contribution in [0.2, 0.25) is 0 Å². The Labute approximate surface area is 151 Å². The molecule has 0 saturated heterocycles. The van der Waals surface area contributed by atoms with Gasteiger partial charge in [0.1, 0.15) is 11.3 Å². The van der Waals surface area contributed by atoms with Gasteiger partial charge in [0.05, 0.1) is 0 Å². The average molecular weight is 390 g/mol. The highest BCUT2D eigenvalue weighted by molar-refractivity contribution is 9.10. The second-order valence-corrected chi connectivity index (χ2v) is 6.58. The number of hydrogen-bond donors (Lipinski definition) is 0. The molecule has 4 heteroatoms. The van der Waals surface area contributed by atoms with E-state index in [-0.39, 0.29) is 0 Å². The third kappa shape index (κ3) is 2.37. The third-order valence-electron chi connectivity index (χ3n) is 4.27. The zero-order valence-electron chi connectivity index (χ0n) is 13.1. The van der Waals surface area contributed by atoms with E-state index in [4.69, 9.17) is 13.8 Å². The summed E-state index contributed by atoms with van der Waals surface area (Å²) in [5, 5.41) is 4.53. The van der Waals surface area contributed by atoms with Crippen LogP contribution in [0.5, 0.6) is 0 Å². The molecule has 3 nitrogen and oxygen atoms in total. The molecule has 0 aliphatic carbocycles. The van der Waals surface area contributed by atoms with Gasteiger partial charge in [-0.1, -0.05) is 48.5 Å². The van der Waals surface area contributed by atoms with Crippen LogP contribution in [0.3, 0.4) is 0 Å². The highest BCUT2D eigenvalue weighted by Gasteiger charge is 2.13. The lowest BCUT2D eigenvalue weighted by Gasteiger charge is -2.04. The van der Waals surface area contributed by atoms with E-state index < -0.39 is 0 Å². The van der Waals surface area contributed by atoms with Crippen molar-refractivity contribution < 1.29 is 8.83 Å². The van der Waals surface area contributed by atoms with Crippen LogP contribution in [0, 0.1) is 0 Å². The molecule has 0 aliphatic rings. The van der Waals surface area contributed by atoms with E-state index in [2.05, 4.69) is 46.3 Å². The Hall–Kier alpha value is -2.85. The van der Waals surface area contributed by atoms with Crippen molar-refractivity contribution in [2.24, 2.45) is 0 Å². The Bertz CT molecular complexity index is 1190. The van der Waals surface area contributed by atoms with Crippen molar-refractivity contribution in [3.63, 3.8) is 0 Å². The number of rotatable bonds is 2. The van der Waals surface area contributed by atoms with Crippen molar-refractivity contribution in [2.75, 3.05) is 0 Å². The zero-order valence-corrected chi connectivity index (χ0v) is 14.7. The van der Waals surface area contributed by atoms with Crippen LogP contribution in [0.4, 0.5) is 0 Å². The predicted molar refractivity (Wildman–Crippen MR) is 104 cm³/mol. The van der Waals surface area contributed by atoms with Crippen molar-refractivity contribution in [3.05, 3.63) is 77.0 Å². The van der Waals surface area contributed by atoms with Gasteiger partial charge in [-0.3, -0.25) is 0 Å². The monoisotopic (exact) mass is 389 g/mol. The summed E-state index contributed by atoms with van der Waals surface area (Å²) in [6.45, 7) is 0. The van der Waals surface area contributed by atoms with E-state index in [1.54, 1.807) is 0 Å². The minimum absolute atomic E-state index is 0.559. The minimum Gasteiger partial charge on any atom is -0.450 e. The normalized spacial score (nSPS) is 12.0. The van der Waals surface area contributed by atoms with Crippen LogP contribution in [0.15, 0.2) is 74.2 Å². The van der Waals surface area contributed by atoms with Gasteiger partial charge in [-0.25, -0.2) is 4.98 Å². The van der Waals surface area contributed by atoms with Gasteiger partial charge in [-0.15, -0.1) is 0 Å². The van der Waals surface area contributed by atoms with E-state index >= 15 is 0 Å². The van der Waals surface area contributed by atoms with E-state index in [1.165, 1.54) is 10.8 Å². The quantitative estimate of drug-likeness (QED) is 0.317. The van der Waals surface area contributed by atoms with E-state index in [9.17, 15) is 0 Å². The highest BCUT2D eigenvalue weighted by Crippen LogP contribution is 2.35. The fourth-order valence-corrected chi connectivity index (χ4v) is 3.50.